The Morgan fingerprint density at radius 1 is 1.11 bits per heavy atom. The number of hydrogen-bond acceptors (Lipinski definition) is 6. The zero-order valence-corrected chi connectivity index (χ0v) is 15.5. The molecule has 27 heavy (non-hydrogen) atoms. The van der Waals surface area contributed by atoms with Crippen molar-refractivity contribution in [2.45, 2.75) is 13.5 Å². The van der Waals surface area contributed by atoms with Gasteiger partial charge in [-0.2, -0.15) is 4.98 Å². The molecule has 7 heteroatoms. The summed E-state index contributed by atoms with van der Waals surface area (Å²) < 4.78 is 4.98. The molecule has 0 amide bonds. The molecule has 0 saturated carbocycles. The van der Waals surface area contributed by atoms with E-state index in [1.165, 1.54) is 0 Å². The van der Waals surface area contributed by atoms with Gasteiger partial charge in [0.05, 0.1) is 12.2 Å². The number of halogens is 1. The van der Waals surface area contributed by atoms with Crippen LogP contribution in [0.5, 0.6) is 0 Å². The lowest BCUT2D eigenvalue weighted by Gasteiger charge is -2.09. The number of esters is 1. The van der Waals surface area contributed by atoms with Gasteiger partial charge in [-0.25, -0.2) is 9.78 Å². The molecule has 2 aromatic carbocycles. The monoisotopic (exact) mass is 382 g/mol. The number of rotatable bonds is 7. The predicted octanol–water partition coefficient (Wildman–Crippen LogP) is 4.66. The van der Waals surface area contributed by atoms with E-state index >= 15 is 0 Å². The second kappa shape index (κ2) is 9.00. The fraction of sp³-hybridized carbons (Fsp3) is 0.150. The molecule has 0 aliphatic heterocycles. The van der Waals surface area contributed by atoms with Gasteiger partial charge >= 0.3 is 5.97 Å². The van der Waals surface area contributed by atoms with Crippen LogP contribution in [0.15, 0.2) is 60.8 Å². The van der Waals surface area contributed by atoms with Crippen molar-refractivity contribution in [1.82, 2.24) is 9.97 Å². The van der Waals surface area contributed by atoms with E-state index in [0.717, 1.165) is 11.3 Å². The first kappa shape index (κ1) is 18.7. The Bertz CT molecular complexity index is 916. The predicted molar refractivity (Wildman–Crippen MR) is 106 cm³/mol. The molecule has 0 aliphatic rings. The van der Waals surface area contributed by atoms with Crippen LogP contribution in [0.25, 0.3) is 0 Å². The third-order valence-electron chi connectivity index (χ3n) is 3.72. The molecule has 3 aromatic rings. The molecular weight excluding hydrogens is 364 g/mol. The van der Waals surface area contributed by atoms with E-state index in [-0.39, 0.29) is 5.97 Å². The van der Waals surface area contributed by atoms with Crippen LogP contribution >= 0.6 is 11.6 Å². The van der Waals surface area contributed by atoms with Gasteiger partial charge in [-0.15, -0.1) is 0 Å². The number of aromatic nitrogens is 2. The van der Waals surface area contributed by atoms with Gasteiger partial charge in [-0.1, -0.05) is 29.8 Å². The van der Waals surface area contributed by atoms with Gasteiger partial charge in [0.2, 0.25) is 5.95 Å². The summed E-state index contributed by atoms with van der Waals surface area (Å²) in [5, 5.41) is 7.04. The lowest BCUT2D eigenvalue weighted by atomic mass is 10.2. The highest BCUT2D eigenvalue weighted by Gasteiger charge is 2.06. The summed E-state index contributed by atoms with van der Waals surface area (Å²) in [7, 11) is 0. The van der Waals surface area contributed by atoms with Crippen LogP contribution < -0.4 is 10.6 Å². The number of carbonyl (C=O) groups is 1. The minimum atomic E-state index is -0.336. The average Bonchev–Trinajstić information content (AvgIpc) is 2.68. The maximum atomic E-state index is 11.7. The quantitative estimate of drug-likeness (QED) is 0.578. The van der Waals surface area contributed by atoms with E-state index in [9.17, 15) is 4.79 Å². The molecule has 0 atom stereocenters. The second-order valence-electron chi connectivity index (χ2n) is 5.63. The number of benzene rings is 2. The Morgan fingerprint density at radius 3 is 2.63 bits per heavy atom. The van der Waals surface area contributed by atoms with E-state index in [1.54, 1.807) is 43.5 Å². The first-order chi connectivity index (χ1) is 13.2. The summed E-state index contributed by atoms with van der Waals surface area (Å²) in [5.74, 6) is 0.788. The van der Waals surface area contributed by atoms with Crippen molar-refractivity contribution >= 4 is 35.0 Å². The maximum Gasteiger partial charge on any atom is 0.338 e. The summed E-state index contributed by atoms with van der Waals surface area (Å²) >= 11 is 6.16. The van der Waals surface area contributed by atoms with Crippen molar-refractivity contribution in [2.24, 2.45) is 0 Å². The van der Waals surface area contributed by atoms with Gasteiger partial charge < -0.3 is 15.4 Å². The largest absolute Gasteiger partial charge is 0.462 e. The minimum Gasteiger partial charge on any atom is -0.462 e. The molecule has 0 aliphatic carbocycles. The molecule has 0 bridgehead atoms. The Balaban J connectivity index is 1.63. The Labute approximate surface area is 162 Å². The van der Waals surface area contributed by atoms with Crippen LogP contribution in [-0.4, -0.2) is 22.5 Å². The van der Waals surface area contributed by atoms with Crippen LogP contribution in [0, 0.1) is 0 Å². The SMILES string of the molecule is CCOC(=O)c1ccc(Nc2ccnc(NCc3ccccc3Cl)n2)cc1. The van der Waals surface area contributed by atoms with E-state index in [4.69, 9.17) is 16.3 Å². The third kappa shape index (κ3) is 5.18. The van der Waals surface area contributed by atoms with Crippen molar-refractivity contribution in [3.05, 3.63) is 76.9 Å². The Kier molecular flexibility index (Phi) is 6.22. The van der Waals surface area contributed by atoms with Crippen molar-refractivity contribution in [1.29, 1.82) is 0 Å². The highest BCUT2D eigenvalue weighted by Crippen LogP contribution is 2.18. The molecule has 0 saturated heterocycles. The van der Waals surface area contributed by atoms with E-state index in [0.29, 0.717) is 35.5 Å². The molecule has 6 nitrogen and oxygen atoms in total. The van der Waals surface area contributed by atoms with Crippen LogP contribution in [0.1, 0.15) is 22.8 Å². The van der Waals surface area contributed by atoms with E-state index in [1.807, 2.05) is 24.3 Å². The van der Waals surface area contributed by atoms with Crippen molar-refractivity contribution in [3.8, 4) is 0 Å². The highest BCUT2D eigenvalue weighted by atomic mass is 35.5. The molecule has 0 fully saturated rings. The smallest absolute Gasteiger partial charge is 0.338 e. The molecule has 0 radical (unpaired) electrons. The molecule has 1 aromatic heterocycles. The van der Waals surface area contributed by atoms with Crippen LogP contribution in [-0.2, 0) is 11.3 Å². The fourth-order valence-electron chi connectivity index (χ4n) is 2.38. The first-order valence-corrected chi connectivity index (χ1v) is 8.88. The molecule has 2 N–H and O–H groups in total. The number of hydrogen-bond donors (Lipinski definition) is 2. The minimum absolute atomic E-state index is 0.336. The van der Waals surface area contributed by atoms with E-state index in [2.05, 4.69) is 20.6 Å². The Morgan fingerprint density at radius 2 is 1.89 bits per heavy atom. The lowest BCUT2D eigenvalue weighted by Crippen LogP contribution is -2.06. The maximum absolute atomic E-state index is 11.7. The van der Waals surface area contributed by atoms with Crippen LogP contribution in [0.3, 0.4) is 0 Å². The number of carbonyl (C=O) groups excluding carboxylic acids is 1. The summed E-state index contributed by atoms with van der Waals surface area (Å²) in [6.45, 7) is 2.65. The first-order valence-electron chi connectivity index (χ1n) is 8.50. The van der Waals surface area contributed by atoms with Crippen LogP contribution in [0.2, 0.25) is 5.02 Å². The lowest BCUT2D eigenvalue weighted by molar-refractivity contribution is 0.0526. The van der Waals surface area contributed by atoms with Gasteiger partial charge in [-0.3, -0.25) is 0 Å². The third-order valence-corrected chi connectivity index (χ3v) is 4.09. The second-order valence-corrected chi connectivity index (χ2v) is 6.04. The summed E-state index contributed by atoms with van der Waals surface area (Å²) in [4.78, 5) is 20.3. The zero-order chi connectivity index (χ0) is 19.1. The topological polar surface area (TPSA) is 76.1 Å². The van der Waals surface area contributed by atoms with Crippen molar-refractivity contribution < 1.29 is 9.53 Å². The number of anilines is 3. The molecule has 3 rings (SSSR count). The average molecular weight is 383 g/mol. The van der Waals surface area contributed by atoms with Gasteiger partial charge in [0.1, 0.15) is 5.82 Å². The molecule has 138 valence electrons. The normalized spacial score (nSPS) is 10.3. The number of nitrogens with one attached hydrogen (secondary N) is 2. The Hall–Kier alpha value is -3.12. The summed E-state index contributed by atoms with van der Waals surface area (Å²) in [6.07, 6.45) is 1.66. The molecular formula is C20H19ClN4O2. The zero-order valence-electron chi connectivity index (χ0n) is 14.8. The van der Waals surface area contributed by atoms with Gasteiger partial charge in [-0.05, 0) is 48.9 Å². The number of ether oxygens (including phenoxy) is 1. The molecule has 1 heterocycles. The molecule has 0 spiro atoms. The number of nitrogens with zero attached hydrogens (tertiary/aromatic N) is 2. The molecule has 0 unspecified atom stereocenters. The van der Waals surface area contributed by atoms with E-state index < -0.39 is 0 Å². The fourth-order valence-corrected chi connectivity index (χ4v) is 2.58. The van der Waals surface area contributed by atoms with Gasteiger partial charge in [0.25, 0.3) is 0 Å². The van der Waals surface area contributed by atoms with Crippen molar-refractivity contribution in [3.63, 3.8) is 0 Å². The summed E-state index contributed by atoms with van der Waals surface area (Å²) in [5.41, 5.74) is 2.28. The van der Waals surface area contributed by atoms with Gasteiger partial charge in [0.15, 0.2) is 0 Å². The van der Waals surface area contributed by atoms with Crippen LogP contribution in [0.4, 0.5) is 17.5 Å². The highest BCUT2D eigenvalue weighted by molar-refractivity contribution is 6.31. The standard InChI is InChI=1S/C20H19ClN4O2/c1-2-27-19(26)14-7-9-16(10-8-14)24-18-11-12-22-20(25-18)23-13-15-5-3-4-6-17(15)21/h3-12H,2,13H2,1H3,(H2,22,23,24,25). The van der Waals surface area contributed by atoms with Crippen molar-refractivity contribution in [2.75, 3.05) is 17.2 Å². The van der Waals surface area contributed by atoms with Gasteiger partial charge in [0, 0.05) is 23.5 Å². The summed E-state index contributed by atoms with van der Waals surface area (Å²) in [6, 6.07) is 16.4.